The quantitative estimate of drug-likeness (QED) is 0.836. The van der Waals surface area contributed by atoms with Crippen molar-refractivity contribution < 1.29 is 0 Å². The van der Waals surface area contributed by atoms with Gasteiger partial charge >= 0.3 is 0 Å². The van der Waals surface area contributed by atoms with Crippen molar-refractivity contribution in [3.05, 3.63) is 51.8 Å². The van der Waals surface area contributed by atoms with Gasteiger partial charge in [0.05, 0.1) is 0 Å². The number of aromatic amines is 1. The van der Waals surface area contributed by atoms with Crippen molar-refractivity contribution in [1.29, 1.82) is 0 Å². The number of hydrogen-bond acceptors (Lipinski definition) is 4. The van der Waals surface area contributed by atoms with Gasteiger partial charge in [0.15, 0.2) is 0 Å². The van der Waals surface area contributed by atoms with E-state index >= 15 is 0 Å². The fourth-order valence-corrected chi connectivity index (χ4v) is 1.54. The van der Waals surface area contributed by atoms with Gasteiger partial charge in [0, 0.05) is 25.0 Å². The van der Waals surface area contributed by atoms with Gasteiger partial charge in [-0.15, -0.1) is 0 Å². The summed E-state index contributed by atoms with van der Waals surface area (Å²) in [7, 11) is 0. The zero-order valence-corrected chi connectivity index (χ0v) is 9.82. The Bertz CT molecular complexity index is 577. The van der Waals surface area contributed by atoms with Crippen LogP contribution in [-0.2, 0) is 6.54 Å². The van der Waals surface area contributed by atoms with Crippen LogP contribution in [0.4, 0.5) is 5.82 Å². The van der Waals surface area contributed by atoms with Gasteiger partial charge in [-0.2, -0.15) is 0 Å². The molecule has 2 rings (SSSR count). The van der Waals surface area contributed by atoms with E-state index < -0.39 is 0 Å². The van der Waals surface area contributed by atoms with Crippen molar-refractivity contribution in [2.75, 3.05) is 5.32 Å². The molecule has 0 unspecified atom stereocenters. The molecular weight excluding hydrogens is 216 g/mol. The van der Waals surface area contributed by atoms with Gasteiger partial charge in [0.25, 0.3) is 5.56 Å². The lowest BCUT2D eigenvalue weighted by Crippen LogP contribution is -2.12. The van der Waals surface area contributed by atoms with Crippen LogP contribution >= 0.6 is 0 Å². The van der Waals surface area contributed by atoms with Crippen LogP contribution in [0.1, 0.15) is 17.0 Å². The Hall–Kier alpha value is -2.17. The largest absolute Gasteiger partial charge is 0.366 e. The van der Waals surface area contributed by atoms with E-state index in [0.717, 1.165) is 11.1 Å². The Morgan fingerprint density at radius 3 is 2.94 bits per heavy atom. The predicted octanol–water partition coefficient (Wildman–Crippen LogP) is 1.39. The molecule has 5 heteroatoms. The molecule has 0 saturated heterocycles. The first kappa shape index (κ1) is 11.3. The Balaban J connectivity index is 2.13. The standard InChI is InChI=1S/C12H14N4O/c1-8-3-4-13-6-10(8)7-14-11-5-12(17)16-9(2)15-11/h3-6H,7H2,1-2H3,(H2,14,15,16,17). The van der Waals surface area contributed by atoms with Crippen LogP contribution in [-0.4, -0.2) is 15.0 Å². The third kappa shape index (κ3) is 2.90. The maximum Gasteiger partial charge on any atom is 0.252 e. The fourth-order valence-electron chi connectivity index (χ4n) is 1.54. The Labute approximate surface area is 99.0 Å². The molecule has 0 amide bonds. The molecule has 0 aromatic carbocycles. The molecule has 2 aromatic rings. The van der Waals surface area contributed by atoms with Crippen LogP contribution in [0.2, 0.25) is 0 Å². The summed E-state index contributed by atoms with van der Waals surface area (Å²) in [6, 6.07) is 3.40. The molecule has 0 aliphatic heterocycles. The number of rotatable bonds is 3. The summed E-state index contributed by atoms with van der Waals surface area (Å²) in [6.07, 6.45) is 3.57. The van der Waals surface area contributed by atoms with Crippen molar-refractivity contribution in [3.63, 3.8) is 0 Å². The first-order valence-electron chi connectivity index (χ1n) is 5.36. The van der Waals surface area contributed by atoms with Crippen LogP contribution in [0.15, 0.2) is 29.3 Å². The van der Waals surface area contributed by atoms with E-state index in [-0.39, 0.29) is 5.56 Å². The van der Waals surface area contributed by atoms with E-state index in [1.165, 1.54) is 6.07 Å². The highest BCUT2D eigenvalue weighted by Crippen LogP contribution is 2.07. The van der Waals surface area contributed by atoms with E-state index in [4.69, 9.17) is 0 Å². The average molecular weight is 230 g/mol. The first-order valence-corrected chi connectivity index (χ1v) is 5.36. The van der Waals surface area contributed by atoms with Gasteiger partial charge in [0.1, 0.15) is 11.6 Å². The maximum atomic E-state index is 11.2. The molecule has 2 aromatic heterocycles. The predicted molar refractivity (Wildman–Crippen MR) is 65.9 cm³/mol. The van der Waals surface area contributed by atoms with E-state index in [2.05, 4.69) is 20.3 Å². The summed E-state index contributed by atoms with van der Waals surface area (Å²) in [4.78, 5) is 22.1. The third-order valence-corrected chi connectivity index (χ3v) is 2.47. The second kappa shape index (κ2) is 4.78. The summed E-state index contributed by atoms with van der Waals surface area (Å²) < 4.78 is 0. The zero-order chi connectivity index (χ0) is 12.3. The highest BCUT2D eigenvalue weighted by atomic mass is 16.1. The third-order valence-electron chi connectivity index (χ3n) is 2.47. The van der Waals surface area contributed by atoms with Gasteiger partial charge < -0.3 is 10.3 Å². The van der Waals surface area contributed by atoms with Crippen molar-refractivity contribution in [2.45, 2.75) is 20.4 Å². The van der Waals surface area contributed by atoms with Crippen LogP contribution in [0.25, 0.3) is 0 Å². The molecular formula is C12H14N4O. The molecule has 5 nitrogen and oxygen atoms in total. The second-order valence-electron chi connectivity index (χ2n) is 3.87. The highest BCUT2D eigenvalue weighted by molar-refractivity contribution is 5.35. The Morgan fingerprint density at radius 2 is 2.24 bits per heavy atom. The van der Waals surface area contributed by atoms with Gasteiger partial charge in [-0.25, -0.2) is 4.98 Å². The molecule has 0 atom stereocenters. The number of nitrogens with zero attached hydrogens (tertiary/aromatic N) is 2. The number of anilines is 1. The summed E-state index contributed by atoms with van der Waals surface area (Å²) in [5.74, 6) is 1.18. The molecule has 0 aliphatic carbocycles. The van der Waals surface area contributed by atoms with Crippen LogP contribution in [0.5, 0.6) is 0 Å². The summed E-state index contributed by atoms with van der Waals surface area (Å²) in [5.41, 5.74) is 2.10. The molecule has 2 heterocycles. The number of hydrogen-bond donors (Lipinski definition) is 2. The number of H-pyrrole nitrogens is 1. The second-order valence-corrected chi connectivity index (χ2v) is 3.87. The number of pyridine rings is 1. The SMILES string of the molecule is Cc1nc(NCc2cnccc2C)cc(=O)[nH]1. The number of aryl methyl sites for hydroxylation is 2. The Kier molecular flexibility index (Phi) is 3.18. The smallest absolute Gasteiger partial charge is 0.252 e. The molecule has 0 aliphatic rings. The van der Waals surface area contributed by atoms with E-state index in [1.807, 2.05) is 19.2 Å². The minimum atomic E-state index is -0.150. The lowest BCUT2D eigenvalue weighted by Gasteiger charge is -2.07. The molecule has 0 bridgehead atoms. The minimum absolute atomic E-state index is 0.150. The average Bonchev–Trinajstić information content (AvgIpc) is 2.27. The van der Waals surface area contributed by atoms with E-state index in [1.54, 1.807) is 13.1 Å². The van der Waals surface area contributed by atoms with Crippen molar-refractivity contribution in [2.24, 2.45) is 0 Å². The van der Waals surface area contributed by atoms with Crippen molar-refractivity contribution in [1.82, 2.24) is 15.0 Å². The monoisotopic (exact) mass is 230 g/mol. The van der Waals surface area contributed by atoms with Crippen LogP contribution in [0, 0.1) is 13.8 Å². The fraction of sp³-hybridized carbons (Fsp3) is 0.250. The molecule has 88 valence electrons. The normalized spacial score (nSPS) is 10.2. The Morgan fingerprint density at radius 1 is 1.41 bits per heavy atom. The summed E-state index contributed by atoms with van der Waals surface area (Å²) in [5, 5.41) is 3.11. The first-order chi connectivity index (χ1) is 8.15. The molecule has 2 N–H and O–H groups in total. The van der Waals surface area contributed by atoms with Crippen molar-refractivity contribution in [3.8, 4) is 0 Å². The topological polar surface area (TPSA) is 70.7 Å². The highest BCUT2D eigenvalue weighted by Gasteiger charge is 2.00. The summed E-state index contributed by atoms with van der Waals surface area (Å²) >= 11 is 0. The number of aromatic nitrogens is 3. The van der Waals surface area contributed by atoms with Gasteiger partial charge in [0.2, 0.25) is 0 Å². The molecule has 0 fully saturated rings. The molecule has 0 radical (unpaired) electrons. The zero-order valence-electron chi connectivity index (χ0n) is 9.82. The van der Waals surface area contributed by atoms with E-state index in [0.29, 0.717) is 18.2 Å². The maximum absolute atomic E-state index is 11.2. The lowest BCUT2D eigenvalue weighted by atomic mass is 10.1. The lowest BCUT2D eigenvalue weighted by molar-refractivity contribution is 0.990. The minimum Gasteiger partial charge on any atom is -0.366 e. The van der Waals surface area contributed by atoms with Crippen LogP contribution in [0.3, 0.4) is 0 Å². The van der Waals surface area contributed by atoms with Crippen LogP contribution < -0.4 is 10.9 Å². The van der Waals surface area contributed by atoms with Gasteiger partial charge in [-0.3, -0.25) is 9.78 Å². The summed E-state index contributed by atoms with van der Waals surface area (Å²) in [6.45, 7) is 4.38. The van der Waals surface area contributed by atoms with Crippen molar-refractivity contribution >= 4 is 5.82 Å². The van der Waals surface area contributed by atoms with Gasteiger partial charge in [-0.05, 0) is 31.0 Å². The number of nitrogens with one attached hydrogen (secondary N) is 2. The van der Waals surface area contributed by atoms with Gasteiger partial charge in [-0.1, -0.05) is 0 Å². The molecule has 0 spiro atoms. The molecule has 17 heavy (non-hydrogen) atoms. The molecule has 0 saturated carbocycles. The van der Waals surface area contributed by atoms with E-state index in [9.17, 15) is 4.79 Å².